The van der Waals surface area contributed by atoms with Gasteiger partial charge in [0.2, 0.25) is 0 Å². The summed E-state index contributed by atoms with van der Waals surface area (Å²) < 4.78 is 33.1. The Morgan fingerprint density at radius 3 is 2.62 bits per heavy atom. The topological polar surface area (TPSA) is 84.0 Å². The van der Waals surface area contributed by atoms with Crippen molar-refractivity contribution >= 4 is 49.5 Å². The van der Waals surface area contributed by atoms with E-state index in [1.807, 2.05) is 59.5 Å². The van der Waals surface area contributed by atoms with Crippen LogP contribution in [0.4, 0.5) is 5.69 Å². The number of benzene rings is 3. The van der Waals surface area contributed by atoms with Gasteiger partial charge in [-0.1, -0.05) is 36.4 Å². The summed E-state index contributed by atoms with van der Waals surface area (Å²) in [7, 11) is -1.95. The minimum Gasteiger partial charge on any atom is -0.497 e. The van der Waals surface area contributed by atoms with Crippen LogP contribution in [0.3, 0.4) is 0 Å². The molecular weight excluding hydrogens is 544 g/mol. The molecule has 0 spiro atoms. The molecule has 6 rings (SSSR count). The number of hydrogen-bond donors (Lipinski definition) is 0. The number of ketones is 1. The highest BCUT2D eigenvalue weighted by Gasteiger charge is 2.35. The molecule has 3 aromatic carbocycles. The summed E-state index contributed by atoms with van der Waals surface area (Å²) in [6.45, 7) is 1.18. The van der Waals surface area contributed by atoms with E-state index >= 15 is 0 Å². The van der Waals surface area contributed by atoms with E-state index in [9.17, 15) is 18.0 Å². The molecule has 4 aromatic rings. The van der Waals surface area contributed by atoms with E-state index in [2.05, 4.69) is 0 Å². The Morgan fingerprint density at radius 2 is 1.88 bits per heavy atom. The van der Waals surface area contributed by atoms with Crippen molar-refractivity contribution in [1.82, 2.24) is 4.31 Å². The zero-order valence-corrected chi connectivity index (χ0v) is 23.8. The Hall–Kier alpha value is -3.53. The lowest BCUT2D eigenvalue weighted by Gasteiger charge is -2.31. The van der Waals surface area contributed by atoms with Crippen molar-refractivity contribution in [1.29, 1.82) is 0 Å². The first kappa shape index (κ1) is 26.7. The molecule has 0 N–H and O–H groups in total. The molecule has 0 radical (unpaired) electrons. The van der Waals surface area contributed by atoms with Crippen molar-refractivity contribution in [3.63, 3.8) is 0 Å². The number of Topliss-reactive ketones (excluding diaryl/α,β-unsaturated/α-hetero) is 1. The SMILES string of the molecule is COc1ccc(CCN2C(=O)c3cccc4c(CC(=O)C5CCCN(S(=O)(=O)c6cccs6)C5)ccc2c34)cc1. The summed E-state index contributed by atoms with van der Waals surface area (Å²) in [6.07, 6.45) is 2.24. The van der Waals surface area contributed by atoms with Gasteiger partial charge in [-0.25, -0.2) is 8.42 Å². The summed E-state index contributed by atoms with van der Waals surface area (Å²) in [6, 6.07) is 20.8. The quantitative estimate of drug-likeness (QED) is 0.270. The molecule has 40 heavy (non-hydrogen) atoms. The number of hydrogen-bond acceptors (Lipinski definition) is 6. The molecular formula is C31H30N2O5S2. The van der Waals surface area contributed by atoms with Crippen LogP contribution in [0.1, 0.15) is 34.3 Å². The van der Waals surface area contributed by atoms with Crippen LogP contribution in [0.5, 0.6) is 5.75 Å². The first-order chi connectivity index (χ1) is 19.4. The van der Waals surface area contributed by atoms with Gasteiger partial charge in [0, 0.05) is 42.9 Å². The molecule has 7 nitrogen and oxygen atoms in total. The second-order valence-corrected chi connectivity index (χ2v) is 13.4. The highest BCUT2D eigenvalue weighted by Crippen LogP contribution is 2.39. The normalized spacial score (nSPS) is 17.5. The largest absolute Gasteiger partial charge is 0.497 e. The molecule has 1 saturated heterocycles. The van der Waals surface area contributed by atoms with E-state index in [0.717, 1.165) is 33.3 Å². The fraction of sp³-hybridized carbons (Fsp3) is 0.290. The monoisotopic (exact) mass is 574 g/mol. The number of thiophene rings is 1. The van der Waals surface area contributed by atoms with Gasteiger partial charge in [-0.2, -0.15) is 4.31 Å². The van der Waals surface area contributed by atoms with Crippen LogP contribution in [0.2, 0.25) is 0 Å². The fourth-order valence-electron chi connectivity index (χ4n) is 5.81. The summed E-state index contributed by atoms with van der Waals surface area (Å²) in [5, 5.41) is 3.54. The lowest BCUT2D eigenvalue weighted by Crippen LogP contribution is -2.42. The van der Waals surface area contributed by atoms with Gasteiger partial charge in [-0.3, -0.25) is 9.59 Å². The average Bonchev–Trinajstić information content (AvgIpc) is 3.62. The number of nitrogens with zero attached hydrogens (tertiary/aromatic N) is 2. The molecule has 9 heteroatoms. The fourth-order valence-corrected chi connectivity index (χ4v) is 8.48. The van der Waals surface area contributed by atoms with Crippen molar-refractivity contribution in [2.45, 2.75) is 29.9 Å². The van der Waals surface area contributed by atoms with Gasteiger partial charge in [0.25, 0.3) is 15.9 Å². The van der Waals surface area contributed by atoms with Crippen LogP contribution in [0.15, 0.2) is 76.3 Å². The van der Waals surface area contributed by atoms with Crippen LogP contribution >= 0.6 is 11.3 Å². The van der Waals surface area contributed by atoms with Crippen LogP contribution in [0, 0.1) is 5.92 Å². The molecule has 1 atom stereocenters. The van der Waals surface area contributed by atoms with Crippen molar-refractivity contribution < 1.29 is 22.7 Å². The lowest BCUT2D eigenvalue weighted by molar-refractivity contribution is -0.123. The maximum Gasteiger partial charge on any atom is 0.259 e. The molecule has 0 saturated carbocycles. The number of carbonyl (C=O) groups is 2. The highest BCUT2D eigenvalue weighted by atomic mass is 32.2. The van der Waals surface area contributed by atoms with Crippen LogP contribution in [-0.4, -0.2) is 51.2 Å². The predicted octanol–water partition coefficient (Wildman–Crippen LogP) is 5.33. The van der Waals surface area contributed by atoms with E-state index < -0.39 is 10.0 Å². The Labute approximate surface area is 238 Å². The number of ether oxygens (including phenoxy) is 1. The lowest BCUT2D eigenvalue weighted by atomic mass is 9.89. The number of piperidine rings is 1. The molecule has 2 aliphatic rings. The van der Waals surface area contributed by atoms with Crippen molar-refractivity contribution in [3.05, 3.63) is 88.8 Å². The number of anilines is 1. The van der Waals surface area contributed by atoms with Gasteiger partial charge < -0.3 is 9.64 Å². The van der Waals surface area contributed by atoms with Crippen molar-refractivity contribution in [2.24, 2.45) is 5.92 Å². The zero-order valence-electron chi connectivity index (χ0n) is 22.2. The molecule has 1 unspecified atom stereocenters. The van der Waals surface area contributed by atoms with E-state index in [0.29, 0.717) is 42.1 Å². The molecule has 1 aromatic heterocycles. The van der Waals surface area contributed by atoms with Crippen molar-refractivity contribution in [2.75, 3.05) is 31.6 Å². The maximum absolute atomic E-state index is 13.5. The van der Waals surface area contributed by atoms with Crippen LogP contribution in [0.25, 0.3) is 10.8 Å². The van der Waals surface area contributed by atoms with Crippen LogP contribution < -0.4 is 9.64 Å². The van der Waals surface area contributed by atoms with Gasteiger partial charge in [-0.05, 0) is 71.5 Å². The predicted molar refractivity (Wildman–Crippen MR) is 157 cm³/mol. The van der Waals surface area contributed by atoms with E-state index in [1.165, 1.54) is 15.6 Å². The highest BCUT2D eigenvalue weighted by molar-refractivity contribution is 7.91. The zero-order chi connectivity index (χ0) is 27.9. The Morgan fingerprint density at radius 1 is 1.05 bits per heavy atom. The summed E-state index contributed by atoms with van der Waals surface area (Å²) in [5.41, 5.74) is 3.51. The third kappa shape index (κ3) is 4.82. The summed E-state index contributed by atoms with van der Waals surface area (Å²) in [5.74, 6) is 0.450. The number of methoxy groups -OCH3 is 1. The maximum atomic E-state index is 13.5. The number of sulfonamides is 1. The minimum absolute atomic E-state index is 0.0284. The molecule has 0 aliphatic carbocycles. The van der Waals surface area contributed by atoms with Gasteiger partial charge in [0.15, 0.2) is 0 Å². The van der Waals surface area contributed by atoms with Gasteiger partial charge in [0.1, 0.15) is 15.7 Å². The first-order valence-corrected chi connectivity index (χ1v) is 15.7. The number of carbonyl (C=O) groups excluding carboxylic acids is 2. The second-order valence-electron chi connectivity index (χ2n) is 10.3. The third-order valence-electron chi connectivity index (χ3n) is 7.95. The number of amides is 1. The van der Waals surface area contributed by atoms with Gasteiger partial charge >= 0.3 is 0 Å². The second kappa shape index (κ2) is 10.8. The molecule has 3 heterocycles. The molecule has 0 bridgehead atoms. The summed E-state index contributed by atoms with van der Waals surface area (Å²) >= 11 is 1.20. The molecule has 1 amide bonds. The Bertz CT molecular complexity index is 1680. The van der Waals surface area contributed by atoms with E-state index in [1.54, 1.807) is 24.6 Å². The van der Waals surface area contributed by atoms with E-state index in [-0.39, 0.29) is 30.6 Å². The summed E-state index contributed by atoms with van der Waals surface area (Å²) in [4.78, 5) is 28.7. The van der Waals surface area contributed by atoms with E-state index in [4.69, 9.17) is 4.74 Å². The Balaban J connectivity index is 1.20. The number of rotatable bonds is 9. The molecule has 206 valence electrons. The van der Waals surface area contributed by atoms with Crippen molar-refractivity contribution in [3.8, 4) is 5.75 Å². The Kier molecular flexibility index (Phi) is 7.20. The smallest absolute Gasteiger partial charge is 0.259 e. The average molecular weight is 575 g/mol. The third-order valence-corrected chi connectivity index (χ3v) is 11.2. The molecule has 2 aliphatic heterocycles. The molecule has 1 fully saturated rings. The minimum atomic E-state index is -3.59. The standard InChI is InChI=1S/C31H30N2O5S2/c1-38-24-12-9-21(10-13-24)15-17-33-27-14-11-22(25-6-2-7-26(30(25)27)31(33)35)19-28(34)23-5-3-16-32(20-23)40(36,37)29-8-4-18-39-29/h2,4,6-14,18,23H,3,5,15-17,19-20H2,1H3. The van der Waals surface area contributed by atoms with Crippen LogP contribution in [-0.2, 0) is 27.7 Å². The first-order valence-electron chi connectivity index (χ1n) is 13.4. The van der Waals surface area contributed by atoms with Gasteiger partial charge in [0.05, 0.1) is 12.8 Å². The van der Waals surface area contributed by atoms with Gasteiger partial charge in [-0.15, -0.1) is 11.3 Å².